The van der Waals surface area contributed by atoms with E-state index in [2.05, 4.69) is 50.8 Å². The minimum absolute atomic E-state index is 0.258. The maximum absolute atomic E-state index is 6.37. The van der Waals surface area contributed by atoms with Crippen molar-refractivity contribution in [3.8, 4) is 5.75 Å². The van der Waals surface area contributed by atoms with Gasteiger partial charge in [-0.2, -0.15) is 0 Å². The van der Waals surface area contributed by atoms with Crippen molar-refractivity contribution in [2.75, 3.05) is 19.3 Å². The molecule has 0 fully saturated rings. The zero-order chi connectivity index (χ0) is 20.2. The van der Waals surface area contributed by atoms with Crippen LogP contribution in [0.4, 0.5) is 5.69 Å². The van der Waals surface area contributed by atoms with Gasteiger partial charge in [0, 0.05) is 17.8 Å². The summed E-state index contributed by atoms with van der Waals surface area (Å²) >= 11 is 0. The van der Waals surface area contributed by atoms with Gasteiger partial charge in [-0.3, -0.25) is 10.9 Å². The molecule has 1 rings (SSSR count). The van der Waals surface area contributed by atoms with Crippen molar-refractivity contribution >= 4 is 11.8 Å². The average molecular weight is 372 g/mol. The Morgan fingerprint density at radius 2 is 1.85 bits per heavy atom. The van der Waals surface area contributed by atoms with Crippen LogP contribution in [0, 0.1) is 0 Å². The predicted octanol–water partition coefficient (Wildman–Crippen LogP) is 5.03. The molecule has 0 saturated heterocycles. The summed E-state index contributed by atoms with van der Waals surface area (Å²) in [6.07, 6.45) is 9.48. The van der Waals surface area contributed by atoms with Gasteiger partial charge in [0.2, 0.25) is 0 Å². The number of rotatable bonds is 13. The summed E-state index contributed by atoms with van der Waals surface area (Å²) in [7, 11) is 1.83. The first-order chi connectivity index (χ1) is 13.0. The molecule has 0 heterocycles. The third-order valence-corrected chi connectivity index (χ3v) is 4.56. The number of allylic oxidation sites excluding steroid dienone is 1. The maximum Gasteiger partial charge on any atom is 0.123 e. The number of hydrogen-bond acceptors (Lipinski definition) is 4. The van der Waals surface area contributed by atoms with E-state index in [0.717, 1.165) is 65.8 Å². The SMILES string of the molecule is C=C(/C=C/c1cc(OC(CCC)CCC)c(CC)cc1N)C(=C)CNNC. The van der Waals surface area contributed by atoms with Crippen molar-refractivity contribution < 1.29 is 4.74 Å². The van der Waals surface area contributed by atoms with Gasteiger partial charge in [-0.1, -0.05) is 58.9 Å². The second-order valence-electron chi connectivity index (χ2n) is 6.83. The minimum atomic E-state index is 0.258. The third kappa shape index (κ3) is 7.61. The average Bonchev–Trinajstić information content (AvgIpc) is 2.66. The fourth-order valence-corrected chi connectivity index (χ4v) is 2.89. The predicted molar refractivity (Wildman–Crippen MR) is 119 cm³/mol. The molecule has 4 nitrogen and oxygen atoms in total. The third-order valence-electron chi connectivity index (χ3n) is 4.56. The highest BCUT2D eigenvalue weighted by molar-refractivity contribution is 5.70. The summed E-state index contributed by atoms with van der Waals surface area (Å²) in [5, 5.41) is 0. The molecule has 0 amide bonds. The smallest absolute Gasteiger partial charge is 0.123 e. The molecule has 0 saturated carbocycles. The molecule has 4 heteroatoms. The van der Waals surface area contributed by atoms with Gasteiger partial charge >= 0.3 is 0 Å². The van der Waals surface area contributed by atoms with E-state index in [4.69, 9.17) is 10.5 Å². The number of nitrogens with one attached hydrogen (secondary N) is 2. The number of nitrogen functional groups attached to an aromatic ring is 1. The van der Waals surface area contributed by atoms with E-state index >= 15 is 0 Å². The Balaban J connectivity index is 3.02. The van der Waals surface area contributed by atoms with Crippen molar-refractivity contribution in [2.45, 2.75) is 59.0 Å². The molecule has 150 valence electrons. The molecule has 4 N–H and O–H groups in total. The van der Waals surface area contributed by atoms with E-state index in [1.165, 1.54) is 0 Å². The monoisotopic (exact) mass is 371 g/mol. The van der Waals surface area contributed by atoms with Crippen LogP contribution in [-0.2, 0) is 6.42 Å². The van der Waals surface area contributed by atoms with Crippen LogP contribution >= 0.6 is 0 Å². The highest BCUT2D eigenvalue weighted by Crippen LogP contribution is 2.29. The van der Waals surface area contributed by atoms with Gasteiger partial charge in [0.1, 0.15) is 5.75 Å². The van der Waals surface area contributed by atoms with Crippen LogP contribution in [0.5, 0.6) is 5.75 Å². The molecule has 0 aliphatic carbocycles. The van der Waals surface area contributed by atoms with E-state index in [1.54, 1.807) is 0 Å². The Morgan fingerprint density at radius 1 is 1.19 bits per heavy atom. The van der Waals surface area contributed by atoms with Gasteiger partial charge in [-0.05, 0) is 55.2 Å². The van der Waals surface area contributed by atoms with Gasteiger partial charge in [0.05, 0.1) is 6.10 Å². The minimum Gasteiger partial charge on any atom is -0.490 e. The highest BCUT2D eigenvalue weighted by Gasteiger charge is 2.13. The topological polar surface area (TPSA) is 59.3 Å². The van der Waals surface area contributed by atoms with Crippen LogP contribution in [0.15, 0.2) is 42.5 Å². The molecular weight excluding hydrogens is 334 g/mol. The van der Waals surface area contributed by atoms with Crippen molar-refractivity contribution in [2.24, 2.45) is 0 Å². The van der Waals surface area contributed by atoms with Crippen LogP contribution in [0.2, 0.25) is 0 Å². The van der Waals surface area contributed by atoms with Gasteiger partial charge in [-0.15, -0.1) is 0 Å². The fraction of sp³-hybridized carbons (Fsp3) is 0.478. The Kier molecular flexibility index (Phi) is 10.5. The molecule has 0 spiro atoms. The highest BCUT2D eigenvalue weighted by atomic mass is 16.5. The Hall–Kier alpha value is -2.04. The lowest BCUT2D eigenvalue weighted by Crippen LogP contribution is -2.29. The molecule has 0 radical (unpaired) electrons. The van der Waals surface area contributed by atoms with E-state index in [1.807, 2.05) is 25.3 Å². The van der Waals surface area contributed by atoms with Crippen LogP contribution < -0.4 is 21.3 Å². The fourth-order valence-electron chi connectivity index (χ4n) is 2.89. The first-order valence-electron chi connectivity index (χ1n) is 10.00. The normalized spacial score (nSPS) is 11.3. The number of aryl methyl sites for hydroxylation is 1. The Bertz CT molecular complexity index is 643. The zero-order valence-corrected chi connectivity index (χ0v) is 17.5. The molecule has 1 aromatic carbocycles. The van der Waals surface area contributed by atoms with E-state index in [-0.39, 0.29) is 6.10 Å². The molecule has 0 atom stereocenters. The summed E-state index contributed by atoms with van der Waals surface area (Å²) in [6, 6.07) is 4.09. The zero-order valence-electron chi connectivity index (χ0n) is 17.5. The first kappa shape index (κ1) is 23.0. The van der Waals surface area contributed by atoms with Gasteiger partial charge in [0.25, 0.3) is 0 Å². The van der Waals surface area contributed by atoms with E-state index in [0.29, 0.717) is 6.54 Å². The van der Waals surface area contributed by atoms with Gasteiger partial charge < -0.3 is 10.5 Å². The number of hydrazine groups is 1. The number of ether oxygens (including phenoxy) is 1. The Labute approximate surface area is 165 Å². The summed E-state index contributed by atoms with van der Waals surface area (Å²) in [5.41, 5.74) is 16.8. The molecule has 0 bridgehead atoms. The Morgan fingerprint density at radius 3 is 2.41 bits per heavy atom. The van der Waals surface area contributed by atoms with Crippen molar-refractivity contribution in [3.05, 3.63) is 53.6 Å². The lowest BCUT2D eigenvalue weighted by atomic mass is 10.0. The maximum atomic E-state index is 6.37. The number of nitrogens with two attached hydrogens (primary N) is 1. The largest absolute Gasteiger partial charge is 0.490 e. The number of hydrogen-bond donors (Lipinski definition) is 3. The summed E-state index contributed by atoms with van der Waals surface area (Å²) in [6.45, 7) is 15.3. The molecule has 0 aromatic heterocycles. The van der Waals surface area contributed by atoms with Crippen molar-refractivity contribution in [1.29, 1.82) is 0 Å². The standard InChI is InChI=1S/C23H37N3O/c1-7-10-21(11-8-2)27-23-15-20(22(24)14-19(23)9-3)13-12-17(4)18(5)16-26-25-6/h12-15,21,25-26H,4-5,7-11,16,24H2,1-3,6H3/b13-12+. The molecule has 0 unspecified atom stereocenters. The van der Waals surface area contributed by atoms with Crippen molar-refractivity contribution in [3.63, 3.8) is 0 Å². The van der Waals surface area contributed by atoms with E-state index < -0.39 is 0 Å². The van der Waals surface area contributed by atoms with Crippen LogP contribution in [0.1, 0.15) is 57.6 Å². The first-order valence-corrected chi connectivity index (χ1v) is 10.00. The number of benzene rings is 1. The lowest BCUT2D eigenvalue weighted by molar-refractivity contribution is 0.177. The molecule has 27 heavy (non-hydrogen) atoms. The van der Waals surface area contributed by atoms with Crippen LogP contribution in [0.3, 0.4) is 0 Å². The van der Waals surface area contributed by atoms with E-state index in [9.17, 15) is 0 Å². The number of anilines is 1. The second kappa shape index (κ2) is 12.4. The van der Waals surface area contributed by atoms with Crippen molar-refractivity contribution in [1.82, 2.24) is 10.9 Å². The van der Waals surface area contributed by atoms with Gasteiger partial charge in [-0.25, -0.2) is 0 Å². The van der Waals surface area contributed by atoms with Gasteiger partial charge in [0.15, 0.2) is 0 Å². The quantitative estimate of drug-likeness (QED) is 0.259. The summed E-state index contributed by atoms with van der Waals surface area (Å²) in [5.74, 6) is 0.944. The molecule has 0 aliphatic heterocycles. The summed E-state index contributed by atoms with van der Waals surface area (Å²) in [4.78, 5) is 0. The lowest BCUT2D eigenvalue weighted by Gasteiger charge is -2.21. The molecular formula is C23H37N3O. The second-order valence-corrected chi connectivity index (χ2v) is 6.83. The van der Waals surface area contributed by atoms with Crippen LogP contribution in [-0.4, -0.2) is 19.7 Å². The van der Waals surface area contributed by atoms with Crippen LogP contribution in [0.25, 0.3) is 6.08 Å². The summed E-state index contributed by atoms with van der Waals surface area (Å²) < 4.78 is 6.37. The molecule has 0 aliphatic rings. The molecule has 1 aromatic rings.